The highest BCUT2D eigenvalue weighted by Crippen LogP contribution is 2.40. The van der Waals surface area contributed by atoms with Gasteiger partial charge in [-0.25, -0.2) is 4.68 Å². The van der Waals surface area contributed by atoms with Crippen molar-refractivity contribution in [2.24, 2.45) is 5.92 Å². The normalized spacial score (nSPS) is 16.3. The zero-order chi connectivity index (χ0) is 13.7. The van der Waals surface area contributed by atoms with Gasteiger partial charge in [0.25, 0.3) is 0 Å². The number of carbonyl (C=O) groups excluding carboxylic acids is 1. The van der Waals surface area contributed by atoms with Gasteiger partial charge < -0.3 is 15.4 Å². The summed E-state index contributed by atoms with van der Waals surface area (Å²) in [5, 5.41) is 10.2. The highest BCUT2D eigenvalue weighted by atomic mass is 16.5. The lowest BCUT2D eigenvalue weighted by atomic mass is 10.2. The maximum atomic E-state index is 11.8. The van der Waals surface area contributed by atoms with Crippen molar-refractivity contribution >= 4 is 11.7 Å². The van der Waals surface area contributed by atoms with Crippen molar-refractivity contribution in [3.63, 3.8) is 0 Å². The number of ether oxygens (including phenoxy) is 1. The van der Waals surface area contributed by atoms with Gasteiger partial charge in [-0.3, -0.25) is 4.79 Å². The molecule has 0 aliphatic heterocycles. The molecule has 1 unspecified atom stereocenters. The van der Waals surface area contributed by atoms with Crippen LogP contribution in [0.3, 0.4) is 0 Å². The Morgan fingerprint density at radius 3 is 3.11 bits per heavy atom. The quantitative estimate of drug-likeness (QED) is 0.690. The molecule has 106 valence electrons. The molecule has 6 heteroatoms. The number of rotatable bonds is 8. The fourth-order valence-corrected chi connectivity index (χ4v) is 2.08. The van der Waals surface area contributed by atoms with Crippen LogP contribution < -0.4 is 10.6 Å². The molecule has 1 saturated carbocycles. The average Bonchev–Trinajstić information content (AvgIpc) is 3.15. The van der Waals surface area contributed by atoms with E-state index in [4.69, 9.17) is 4.74 Å². The lowest BCUT2D eigenvalue weighted by molar-refractivity contribution is -0.115. The molecule has 0 aromatic carbocycles. The van der Waals surface area contributed by atoms with Crippen molar-refractivity contribution in [3.8, 4) is 0 Å². The summed E-state index contributed by atoms with van der Waals surface area (Å²) in [5.74, 6) is 1.43. The van der Waals surface area contributed by atoms with Crippen molar-refractivity contribution in [2.45, 2.75) is 25.8 Å². The van der Waals surface area contributed by atoms with Crippen LogP contribution in [0.4, 0.5) is 5.82 Å². The topological polar surface area (TPSA) is 68.2 Å². The van der Waals surface area contributed by atoms with Gasteiger partial charge in [-0.1, -0.05) is 0 Å². The third-order valence-electron chi connectivity index (χ3n) is 3.40. The Kier molecular flexibility index (Phi) is 4.93. The molecule has 1 aromatic rings. The molecule has 2 N–H and O–H groups in total. The molecule has 1 aliphatic carbocycles. The highest BCUT2D eigenvalue weighted by Gasteiger charge is 2.30. The summed E-state index contributed by atoms with van der Waals surface area (Å²) < 4.78 is 6.81. The minimum Gasteiger partial charge on any atom is -0.383 e. The molecule has 1 atom stereocenters. The van der Waals surface area contributed by atoms with Crippen LogP contribution >= 0.6 is 0 Å². The maximum absolute atomic E-state index is 11.8. The Hall–Kier alpha value is -1.40. The summed E-state index contributed by atoms with van der Waals surface area (Å²) >= 11 is 0. The van der Waals surface area contributed by atoms with Gasteiger partial charge in [0.1, 0.15) is 5.82 Å². The number of nitrogens with zero attached hydrogens (tertiary/aromatic N) is 2. The van der Waals surface area contributed by atoms with Crippen molar-refractivity contribution in [1.29, 1.82) is 0 Å². The summed E-state index contributed by atoms with van der Waals surface area (Å²) in [6.07, 6.45) is 4.24. The van der Waals surface area contributed by atoms with Gasteiger partial charge in [-0.15, -0.1) is 0 Å². The predicted molar refractivity (Wildman–Crippen MR) is 73.0 cm³/mol. The first kappa shape index (κ1) is 14.0. The molecule has 1 aliphatic rings. The number of aromatic nitrogens is 2. The van der Waals surface area contributed by atoms with Crippen LogP contribution in [0, 0.1) is 5.92 Å². The summed E-state index contributed by atoms with van der Waals surface area (Å²) in [6, 6.07) is 2.19. The van der Waals surface area contributed by atoms with E-state index in [0.29, 0.717) is 25.1 Å². The molecule has 1 heterocycles. The van der Waals surface area contributed by atoms with Gasteiger partial charge in [-0.05, 0) is 25.7 Å². The Bertz CT molecular complexity index is 415. The molecule has 1 amide bonds. The molecule has 2 rings (SSSR count). The molecule has 1 aromatic heterocycles. The van der Waals surface area contributed by atoms with E-state index in [1.54, 1.807) is 13.3 Å². The monoisotopic (exact) mass is 266 g/mol. The Morgan fingerprint density at radius 2 is 2.42 bits per heavy atom. The number of hydrogen-bond acceptors (Lipinski definition) is 4. The van der Waals surface area contributed by atoms with Crippen molar-refractivity contribution in [3.05, 3.63) is 12.3 Å². The van der Waals surface area contributed by atoms with E-state index in [0.717, 1.165) is 5.82 Å². The molecule has 1 fully saturated rings. The molecule has 0 bridgehead atoms. The lowest BCUT2D eigenvalue weighted by Gasteiger charge is -2.15. The van der Waals surface area contributed by atoms with Crippen molar-refractivity contribution < 1.29 is 9.53 Å². The standard InChI is InChI=1S/C13H22N4O2/c1-10(11-3-4-11)17-12(5-6-15-17)16-13(18)9-14-7-8-19-2/h5-6,10-11,14H,3-4,7-9H2,1-2H3,(H,16,18). The van der Waals surface area contributed by atoms with E-state index in [2.05, 4.69) is 22.7 Å². The highest BCUT2D eigenvalue weighted by molar-refractivity contribution is 5.91. The number of hydrogen-bond donors (Lipinski definition) is 2. The number of amides is 1. The second-order valence-corrected chi connectivity index (χ2v) is 4.96. The van der Waals surface area contributed by atoms with Crippen LogP contribution in [-0.4, -0.2) is 42.5 Å². The smallest absolute Gasteiger partial charge is 0.239 e. The van der Waals surface area contributed by atoms with Crippen LogP contribution in [0.2, 0.25) is 0 Å². The third kappa shape index (κ3) is 4.04. The fourth-order valence-electron chi connectivity index (χ4n) is 2.08. The lowest BCUT2D eigenvalue weighted by Crippen LogP contribution is -2.31. The number of anilines is 1. The van der Waals surface area contributed by atoms with E-state index < -0.39 is 0 Å². The minimum atomic E-state index is -0.0548. The second-order valence-electron chi connectivity index (χ2n) is 4.96. The van der Waals surface area contributed by atoms with Crippen LogP contribution in [-0.2, 0) is 9.53 Å². The molecule has 0 spiro atoms. The number of methoxy groups -OCH3 is 1. The molecule has 0 radical (unpaired) electrons. The first-order chi connectivity index (χ1) is 9.22. The van der Waals surface area contributed by atoms with Gasteiger partial charge in [0.05, 0.1) is 25.4 Å². The SMILES string of the molecule is COCCNCC(=O)Nc1ccnn1C(C)C1CC1. The molecule has 19 heavy (non-hydrogen) atoms. The zero-order valence-electron chi connectivity index (χ0n) is 11.6. The van der Waals surface area contributed by atoms with E-state index in [9.17, 15) is 4.79 Å². The van der Waals surface area contributed by atoms with E-state index in [1.165, 1.54) is 12.8 Å². The largest absolute Gasteiger partial charge is 0.383 e. The number of nitrogens with one attached hydrogen (secondary N) is 2. The van der Waals surface area contributed by atoms with Crippen LogP contribution in [0.1, 0.15) is 25.8 Å². The van der Waals surface area contributed by atoms with Gasteiger partial charge in [-0.2, -0.15) is 5.10 Å². The van der Waals surface area contributed by atoms with Crippen LogP contribution in [0.15, 0.2) is 12.3 Å². The van der Waals surface area contributed by atoms with E-state index in [1.807, 2.05) is 10.7 Å². The Balaban J connectivity index is 1.81. The van der Waals surface area contributed by atoms with Gasteiger partial charge in [0, 0.05) is 19.7 Å². The zero-order valence-corrected chi connectivity index (χ0v) is 11.6. The van der Waals surface area contributed by atoms with E-state index in [-0.39, 0.29) is 12.5 Å². The molecule has 0 saturated heterocycles. The van der Waals surface area contributed by atoms with Gasteiger partial charge in [0.15, 0.2) is 0 Å². The Morgan fingerprint density at radius 1 is 1.63 bits per heavy atom. The Labute approximate surface area is 113 Å². The second kappa shape index (κ2) is 6.68. The fraction of sp³-hybridized carbons (Fsp3) is 0.692. The van der Waals surface area contributed by atoms with Gasteiger partial charge >= 0.3 is 0 Å². The van der Waals surface area contributed by atoms with E-state index >= 15 is 0 Å². The minimum absolute atomic E-state index is 0.0548. The van der Waals surface area contributed by atoms with Crippen LogP contribution in [0.5, 0.6) is 0 Å². The summed E-state index contributed by atoms with van der Waals surface area (Å²) in [6.45, 7) is 3.70. The molecule has 6 nitrogen and oxygen atoms in total. The first-order valence-corrected chi connectivity index (χ1v) is 6.75. The molecular formula is C13H22N4O2. The summed E-state index contributed by atoms with van der Waals surface area (Å²) in [4.78, 5) is 11.8. The first-order valence-electron chi connectivity index (χ1n) is 6.75. The third-order valence-corrected chi connectivity index (χ3v) is 3.40. The molecular weight excluding hydrogens is 244 g/mol. The van der Waals surface area contributed by atoms with Crippen molar-refractivity contribution in [1.82, 2.24) is 15.1 Å². The summed E-state index contributed by atoms with van der Waals surface area (Å²) in [5.41, 5.74) is 0. The predicted octanol–water partition coefficient (Wildman–Crippen LogP) is 1.03. The average molecular weight is 266 g/mol. The number of carbonyl (C=O) groups is 1. The summed E-state index contributed by atoms with van der Waals surface area (Å²) in [7, 11) is 1.64. The maximum Gasteiger partial charge on any atom is 0.239 e. The van der Waals surface area contributed by atoms with Crippen LogP contribution in [0.25, 0.3) is 0 Å². The van der Waals surface area contributed by atoms with Gasteiger partial charge in [0.2, 0.25) is 5.91 Å². The van der Waals surface area contributed by atoms with Crippen molar-refractivity contribution in [2.75, 3.05) is 32.1 Å².